The summed E-state index contributed by atoms with van der Waals surface area (Å²) >= 11 is 0. The second-order valence-electron chi connectivity index (χ2n) is 13.3. The van der Waals surface area contributed by atoms with Gasteiger partial charge in [-0.15, -0.1) is 0 Å². The predicted molar refractivity (Wildman–Crippen MR) is 235 cm³/mol. The summed E-state index contributed by atoms with van der Waals surface area (Å²) in [6, 6.07) is 61.1. The van der Waals surface area contributed by atoms with Gasteiger partial charge in [0.1, 0.15) is 11.5 Å². The van der Waals surface area contributed by atoms with E-state index in [1.807, 2.05) is 72.8 Å². The molecule has 7 heteroatoms. The number of esters is 2. The van der Waals surface area contributed by atoms with Crippen LogP contribution in [0.15, 0.2) is 182 Å². The van der Waals surface area contributed by atoms with Gasteiger partial charge in [0.15, 0.2) is 6.61 Å². The molecule has 0 heterocycles. The first kappa shape index (κ1) is 38.6. The average molecular weight is 763 g/mol. The number of carbonyl (C=O) groups excluding carboxylic acids is 2. The monoisotopic (exact) mass is 762 g/mol. The van der Waals surface area contributed by atoms with Crippen molar-refractivity contribution in [2.45, 2.75) is 6.92 Å². The van der Waals surface area contributed by atoms with Gasteiger partial charge in [0.05, 0.1) is 7.11 Å². The van der Waals surface area contributed by atoms with E-state index in [9.17, 15) is 9.59 Å². The normalized spacial score (nSPS) is 11.0. The molecular weight excluding hydrogens is 721 g/mol. The molecule has 0 radical (unpaired) electrons. The number of benzene rings is 7. The van der Waals surface area contributed by atoms with Gasteiger partial charge < -0.3 is 24.0 Å². The molecule has 7 nitrogen and oxygen atoms in total. The molecule has 0 saturated heterocycles. The summed E-state index contributed by atoms with van der Waals surface area (Å²) in [4.78, 5) is 27.4. The van der Waals surface area contributed by atoms with Gasteiger partial charge >= 0.3 is 11.9 Å². The van der Waals surface area contributed by atoms with Crippen LogP contribution in [0.4, 0.5) is 34.1 Å². The maximum atomic E-state index is 12.0. The van der Waals surface area contributed by atoms with Crippen molar-refractivity contribution in [2.24, 2.45) is 0 Å². The Hall–Kier alpha value is -7.64. The van der Waals surface area contributed by atoms with E-state index in [4.69, 9.17) is 14.2 Å². The second kappa shape index (κ2) is 18.8. The molecule has 286 valence electrons. The first-order chi connectivity index (χ1) is 28.4. The molecule has 0 saturated carbocycles. The van der Waals surface area contributed by atoms with Crippen molar-refractivity contribution < 1.29 is 23.8 Å². The molecule has 58 heavy (non-hydrogen) atoms. The van der Waals surface area contributed by atoms with E-state index < -0.39 is 18.5 Å². The van der Waals surface area contributed by atoms with Gasteiger partial charge in [-0.3, -0.25) is 4.79 Å². The summed E-state index contributed by atoms with van der Waals surface area (Å²) in [5.74, 6) is 0.00358. The molecule has 0 aliphatic heterocycles. The van der Waals surface area contributed by atoms with Gasteiger partial charge in [-0.2, -0.15) is 0 Å². The highest BCUT2D eigenvalue weighted by Crippen LogP contribution is 2.37. The summed E-state index contributed by atoms with van der Waals surface area (Å²) in [6.07, 6.45) is 8.47. The van der Waals surface area contributed by atoms with E-state index in [0.29, 0.717) is 5.75 Å². The van der Waals surface area contributed by atoms with E-state index in [1.165, 1.54) is 6.92 Å². The van der Waals surface area contributed by atoms with Crippen LogP contribution < -0.4 is 19.3 Å². The largest absolute Gasteiger partial charge is 0.497 e. The van der Waals surface area contributed by atoms with Crippen molar-refractivity contribution in [1.29, 1.82) is 0 Å². The summed E-state index contributed by atoms with van der Waals surface area (Å²) in [5.41, 5.74) is 10.4. The minimum absolute atomic E-state index is 0.362. The number of hydrogen-bond acceptors (Lipinski definition) is 7. The minimum Gasteiger partial charge on any atom is -0.497 e. The Morgan fingerprint density at radius 3 is 1.09 bits per heavy atom. The van der Waals surface area contributed by atoms with Crippen LogP contribution in [0.25, 0.3) is 24.3 Å². The van der Waals surface area contributed by atoms with E-state index in [0.717, 1.165) is 62.1 Å². The number of ether oxygens (including phenoxy) is 3. The standard InChI is InChI=1S/C51H42N2O5/c1-38(54)57-37-51(55)58-50-35-31-48(32-36-50)53(44-11-7-4-8-12-44)46-27-23-42(24-28-46)20-18-40-15-13-39(14-16-40)17-19-41-21-25-45(26-22-41)52(43-9-5-3-6-10-43)47-29-33-49(56-2)34-30-47/h3-36H,37H2,1-2H3/b19-17+,20-18+. The minimum atomic E-state index is -0.643. The molecule has 0 aliphatic rings. The Labute approximate surface area is 339 Å². The van der Waals surface area contributed by atoms with Crippen LogP contribution in [-0.2, 0) is 14.3 Å². The molecule has 0 aliphatic carbocycles. The zero-order valence-electron chi connectivity index (χ0n) is 32.3. The van der Waals surface area contributed by atoms with Gasteiger partial charge in [0, 0.05) is 41.0 Å². The summed E-state index contributed by atoms with van der Waals surface area (Å²) in [7, 11) is 1.68. The predicted octanol–water partition coefficient (Wildman–Crippen LogP) is 12.4. The fourth-order valence-electron chi connectivity index (χ4n) is 6.34. The average Bonchev–Trinajstić information content (AvgIpc) is 3.27. The third-order valence-electron chi connectivity index (χ3n) is 9.25. The molecule has 0 unspecified atom stereocenters. The molecule has 7 aromatic carbocycles. The molecule has 0 aromatic heterocycles. The van der Waals surface area contributed by atoms with Gasteiger partial charge in [-0.1, -0.05) is 109 Å². The summed E-state index contributed by atoms with van der Waals surface area (Å²) in [5, 5.41) is 0. The first-order valence-electron chi connectivity index (χ1n) is 18.9. The Bertz CT molecular complexity index is 2460. The first-order valence-corrected chi connectivity index (χ1v) is 18.9. The zero-order valence-corrected chi connectivity index (χ0v) is 32.3. The van der Waals surface area contributed by atoms with Crippen molar-refractivity contribution in [3.8, 4) is 11.5 Å². The Kier molecular flexibility index (Phi) is 12.5. The fourth-order valence-corrected chi connectivity index (χ4v) is 6.34. The maximum absolute atomic E-state index is 12.0. The van der Waals surface area contributed by atoms with Crippen molar-refractivity contribution in [2.75, 3.05) is 23.5 Å². The Morgan fingerprint density at radius 1 is 0.431 bits per heavy atom. The van der Waals surface area contributed by atoms with Crippen LogP contribution >= 0.6 is 0 Å². The second-order valence-corrected chi connectivity index (χ2v) is 13.3. The van der Waals surface area contributed by atoms with Crippen LogP contribution in [0, 0.1) is 0 Å². The lowest BCUT2D eigenvalue weighted by Crippen LogP contribution is -2.17. The molecular formula is C51H42N2O5. The lowest BCUT2D eigenvalue weighted by molar-refractivity contribution is -0.152. The third kappa shape index (κ3) is 10.2. The van der Waals surface area contributed by atoms with Gasteiger partial charge in [0.25, 0.3) is 0 Å². The van der Waals surface area contributed by atoms with Crippen LogP contribution in [-0.4, -0.2) is 25.7 Å². The number of hydrogen-bond donors (Lipinski definition) is 0. The fraction of sp³-hybridized carbons (Fsp3) is 0.0588. The third-order valence-corrected chi connectivity index (χ3v) is 9.25. The lowest BCUT2D eigenvalue weighted by atomic mass is 10.1. The number of rotatable bonds is 14. The lowest BCUT2D eigenvalue weighted by Gasteiger charge is -2.25. The van der Waals surface area contributed by atoms with E-state index >= 15 is 0 Å². The van der Waals surface area contributed by atoms with Crippen molar-refractivity contribution >= 4 is 70.4 Å². The topological polar surface area (TPSA) is 68.3 Å². The van der Waals surface area contributed by atoms with E-state index in [2.05, 4.69) is 131 Å². The highest BCUT2D eigenvalue weighted by Gasteiger charge is 2.14. The smallest absolute Gasteiger partial charge is 0.349 e. The Balaban J connectivity index is 0.995. The number of methoxy groups -OCH3 is 1. The molecule has 0 fully saturated rings. The van der Waals surface area contributed by atoms with Crippen molar-refractivity contribution in [1.82, 2.24) is 0 Å². The molecule has 0 spiro atoms. The molecule has 7 aromatic rings. The summed E-state index contributed by atoms with van der Waals surface area (Å²) in [6.45, 7) is 0.809. The number of nitrogens with zero attached hydrogens (tertiary/aromatic N) is 2. The van der Waals surface area contributed by atoms with E-state index in [-0.39, 0.29) is 0 Å². The van der Waals surface area contributed by atoms with Crippen LogP contribution in [0.5, 0.6) is 11.5 Å². The van der Waals surface area contributed by atoms with E-state index in [1.54, 1.807) is 19.2 Å². The maximum Gasteiger partial charge on any atom is 0.349 e. The SMILES string of the molecule is COc1ccc(N(c2ccccc2)c2ccc(/C=C/c3ccc(/C=C/c4ccc(N(c5ccccc5)c5ccc(OC(=O)COC(C)=O)cc5)cc4)cc3)cc2)cc1. The quantitative estimate of drug-likeness (QED) is 0.0621. The number of para-hydroxylation sites is 2. The van der Waals surface area contributed by atoms with Gasteiger partial charge in [0.2, 0.25) is 0 Å². The Morgan fingerprint density at radius 2 is 0.741 bits per heavy atom. The van der Waals surface area contributed by atoms with Crippen LogP contribution in [0.2, 0.25) is 0 Å². The van der Waals surface area contributed by atoms with Gasteiger partial charge in [-0.05, 0) is 119 Å². The molecule has 7 rings (SSSR count). The van der Waals surface area contributed by atoms with Crippen molar-refractivity contribution in [3.05, 3.63) is 204 Å². The highest BCUT2D eigenvalue weighted by atomic mass is 16.6. The number of carbonyl (C=O) groups is 2. The molecule has 0 atom stereocenters. The molecule has 0 bridgehead atoms. The summed E-state index contributed by atoms with van der Waals surface area (Å²) < 4.78 is 15.4. The molecule has 0 amide bonds. The van der Waals surface area contributed by atoms with Gasteiger partial charge in [-0.25, -0.2) is 4.79 Å². The molecule has 0 N–H and O–H groups in total. The number of anilines is 6. The van der Waals surface area contributed by atoms with Crippen LogP contribution in [0.1, 0.15) is 29.2 Å². The zero-order chi connectivity index (χ0) is 40.1. The highest BCUT2D eigenvalue weighted by molar-refractivity contribution is 5.81. The van der Waals surface area contributed by atoms with Crippen molar-refractivity contribution in [3.63, 3.8) is 0 Å². The van der Waals surface area contributed by atoms with Crippen LogP contribution in [0.3, 0.4) is 0 Å².